The summed E-state index contributed by atoms with van der Waals surface area (Å²) in [6.07, 6.45) is -0.488. The van der Waals surface area contributed by atoms with Crippen LogP contribution in [0.5, 0.6) is 0 Å². The fourth-order valence-electron chi connectivity index (χ4n) is 2.59. The SMILES string of the molecule is CC1(C)CN(C(=O)N2CCOC(CC(=O)O)C2)CCO1. The van der Waals surface area contributed by atoms with Crippen LogP contribution in [0.1, 0.15) is 20.3 Å². The lowest BCUT2D eigenvalue weighted by Crippen LogP contribution is -2.57. The van der Waals surface area contributed by atoms with Gasteiger partial charge in [-0.3, -0.25) is 4.79 Å². The van der Waals surface area contributed by atoms with Crippen LogP contribution in [-0.2, 0) is 14.3 Å². The molecule has 0 aromatic carbocycles. The first kappa shape index (κ1) is 15.1. The number of rotatable bonds is 2. The maximum absolute atomic E-state index is 12.5. The zero-order valence-electron chi connectivity index (χ0n) is 12.0. The number of carbonyl (C=O) groups excluding carboxylic acids is 1. The predicted molar refractivity (Wildman–Crippen MR) is 70.6 cm³/mol. The van der Waals surface area contributed by atoms with Crippen molar-refractivity contribution >= 4 is 12.0 Å². The molecule has 2 rings (SSSR count). The van der Waals surface area contributed by atoms with Gasteiger partial charge >= 0.3 is 12.0 Å². The van der Waals surface area contributed by atoms with Gasteiger partial charge in [0, 0.05) is 19.6 Å². The van der Waals surface area contributed by atoms with Crippen LogP contribution in [-0.4, -0.2) is 78.0 Å². The van der Waals surface area contributed by atoms with Gasteiger partial charge in [-0.25, -0.2) is 4.79 Å². The van der Waals surface area contributed by atoms with Crippen LogP contribution in [0.25, 0.3) is 0 Å². The predicted octanol–water partition coefficient (Wildman–Crippen LogP) is 0.393. The van der Waals surface area contributed by atoms with Crippen LogP contribution in [0.4, 0.5) is 4.79 Å². The van der Waals surface area contributed by atoms with Crippen molar-refractivity contribution in [2.45, 2.75) is 32.0 Å². The molecule has 1 atom stereocenters. The van der Waals surface area contributed by atoms with E-state index in [1.807, 2.05) is 13.8 Å². The summed E-state index contributed by atoms with van der Waals surface area (Å²) in [5, 5.41) is 8.80. The lowest BCUT2D eigenvalue weighted by molar-refractivity contribution is -0.141. The summed E-state index contributed by atoms with van der Waals surface area (Å²) in [4.78, 5) is 26.6. The molecule has 1 N–H and O–H groups in total. The third-order valence-electron chi connectivity index (χ3n) is 3.51. The van der Waals surface area contributed by atoms with E-state index in [0.29, 0.717) is 39.4 Å². The number of carboxylic acid groups (broad SMARTS) is 1. The topological polar surface area (TPSA) is 79.3 Å². The molecule has 2 fully saturated rings. The molecule has 0 aromatic rings. The quantitative estimate of drug-likeness (QED) is 0.794. The van der Waals surface area contributed by atoms with Crippen molar-refractivity contribution in [3.05, 3.63) is 0 Å². The molecule has 7 heteroatoms. The Balaban J connectivity index is 1.93. The Labute approximate surface area is 118 Å². The molecular formula is C13H22N2O5. The van der Waals surface area contributed by atoms with E-state index in [9.17, 15) is 9.59 Å². The standard InChI is InChI=1S/C13H22N2O5/c1-13(2)9-15(4-6-20-13)12(18)14-3-5-19-10(8-14)7-11(16)17/h10H,3-9H2,1-2H3,(H,16,17). The van der Waals surface area contributed by atoms with Gasteiger partial charge in [0.15, 0.2) is 0 Å². The summed E-state index contributed by atoms with van der Waals surface area (Å²) in [6, 6.07) is -0.0555. The van der Waals surface area contributed by atoms with Crippen molar-refractivity contribution in [1.29, 1.82) is 0 Å². The molecular weight excluding hydrogens is 264 g/mol. The summed E-state index contributed by atoms with van der Waals surface area (Å²) in [5.74, 6) is -0.906. The van der Waals surface area contributed by atoms with E-state index in [4.69, 9.17) is 14.6 Å². The number of hydrogen-bond acceptors (Lipinski definition) is 4. The van der Waals surface area contributed by atoms with Gasteiger partial charge < -0.3 is 24.4 Å². The number of carboxylic acids is 1. The summed E-state index contributed by atoms with van der Waals surface area (Å²) in [7, 11) is 0. The van der Waals surface area contributed by atoms with E-state index < -0.39 is 12.1 Å². The number of aliphatic carboxylic acids is 1. The number of carbonyl (C=O) groups is 2. The number of ether oxygens (including phenoxy) is 2. The van der Waals surface area contributed by atoms with E-state index in [2.05, 4.69) is 0 Å². The van der Waals surface area contributed by atoms with E-state index >= 15 is 0 Å². The van der Waals surface area contributed by atoms with Gasteiger partial charge in [-0.05, 0) is 13.8 Å². The largest absolute Gasteiger partial charge is 0.481 e. The van der Waals surface area contributed by atoms with Gasteiger partial charge in [0.25, 0.3) is 0 Å². The second-order valence-corrected chi connectivity index (χ2v) is 5.85. The summed E-state index contributed by atoms with van der Waals surface area (Å²) < 4.78 is 11.0. The summed E-state index contributed by atoms with van der Waals surface area (Å²) in [5.41, 5.74) is -0.333. The molecule has 7 nitrogen and oxygen atoms in total. The molecule has 2 saturated heterocycles. The maximum atomic E-state index is 12.5. The third-order valence-corrected chi connectivity index (χ3v) is 3.51. The van der Waals surface area contributed by atoms with Crippen LogP contribution in [0.15, 0.2) is 0 Å². The highest BCUT2D eigenvalue weighted by Crippen LogP contribution is 2.19. The smallest absolute Gasteiger partial charge is 0.320 e. The Morgan fingerprint density at radius 2 is 1.95 bits per heavy atom. The highest BCUT2D eigenvalue weighted by Gasteiger charge is 2.34. The Bertz CT molecular complexity index is 385. The monoisotopic (exact) mass is 286 g/mol. The Hall–Kier alpha value is -1.34. The number of amides is 2. The Morgan fingerprint density at radius 1 is 1.25 bits per heavy atom. The first-order chi connectivity index (χ1) is 9.37. The Morgan fingerprint density at radius 3 is 2.60 bits per heavy atom. The molecule has 2 aliphatic heterocycles. The van der Waals surface area contributed by atoms with E-state index in [-0.39, 0.29) is 18.1 Å². The van der Waals surface area contributed by atoms with Crippen molar-refractivity contribution in [2.24, 2.45) is 0 Å². The van der Waals surface area contributed by atoms with Crippen LogP contribution in [0.2, 0.25) is 0 Å². The second kappa shape index (κ2) is 5.97. The second-order valence-electron chi connectivity index (χ2n) is 5.85. The summed E-state index contributed by atoms with van der Waals surface area (Å²) in [6.45, 7) is 6.79. The van der Waals surface area contributed by atoms with Crippen molar-refractivity contribution in [3.8, 4) is 0 Å². The minimum atomic E-state index is -0.906. The third kappa shape index (κ3) is 3.83. The molecule has 20 heavy (non-hydrogen) atoms. The summed E-state index contributed by atoms with van der Waals surface area (Å²) >= 11 is 0. The molecule has 114 valence electrons. The normalized spacial score (nSPS) is 26.4. The number of urea groups is 1. The van der Waals surface area contributed by atoms with Crippen molar-refractivity contribution < 1.29 is 24.2 Å². The van der Waals surface area contributed by atoms with Gasteiger partial charge in [-0.1, -0.05) is 0 Å². The average molecular weight is 286 g/mol. The van der Waals surface area contributed by atoms with Crippen molar-refractivity contribution in [2.75, 3.05) is 39.4 Å². The molecule has 0 aromatic heterocycles. The lowest BCUT2D eigenvalue weighted by Gasteiger charge is -2.42. The Kier molecular flexibility index (Phi) is 4.49. The van der Waals surface area contributed by atoms with Gasteiger partial charge in [0.2, 0.25) is 0 Å². The molecule has 0 spiro atoms. The molecule has 2 heterocycles. The fraction of sp³-hybridized carbons (Fsp3) is 0.846. The van der Waals surface area contributed by atoms with Gasteiger partial charge in [-0.15, -0.1) is 0 Å². The zero-order chi connectivity index (χ0) is 14.8. The first-order valence-electron chi connectivity index (χ1n) is 6.88. The van der Waals surface area contributed by atoms with E-state index in [1.165, 1.54) is 0 Å². The van der Waals surface area contributed by atoms with Gasteiger partial charge in [0.05, 0.1) is 37.9 Å². The molecule has 0 bridgehead atoms. The van der Waals surface area contributed by atoms with Gasteiger partial charge in [-0.2, -0.15) is 0 Å². The van der Waals surface area contributed by atoms with Crippen LogP contribution < -0.4 is 0 Å². The number of hydrogen-bond donors (Lipinski definition) is 1. The number of nitrogens with zero attached hydrogens (tertiary/aromatic N) is 2. The number of morpholine rings is 2. The highest BCUT2D eigenvalue weighted by atomic mass is 16.5. The molecule has 0 radical (unpaired) electrons. The highest BCUT2D eigenvalue weighted by molar-refractivity contribution is 5.75. The van der Waals surface area contributed by atoms with Crippen LogP contribution in [0, 0.1) is 0 Å². The van der Waals surface area contributed by atoms with Crippen molar-refractivity contribution in [3.63, 3.8) is 0 Å². The zero-order valence-corrected chi connectivity index (χ0v) is 12.0. The van der Waals surface area contributed by atoms with E-state index in [0.717, 1.165) is 0 Å². The molecule has 2 aliphatic rings. The fourth-order valence-corrected chi connectivity index (χ4v) is 2.59. The lowest BCUT2D eigenvalue weighted by atomic mass is 10.1. The average Bonchev–Trinajstić information content (AvgIpc) is 2.36. The van der Waals surface area contributed by atoms with Gasteiger partial charge in [0.1, 0.15) is 0 Å². The molecule has 2 amide bonds. The molecule has 0 aliphatic carbocycles. The van der Waals surface area contributed by atoms with E-state index in [1.54, 1.807) is 9.80 Å². The first-order valence-corrected chi connectivity index (χ1v) is 6.88. The van der Waals surface area contributed by atoms with Crippen LogP contribution >= 0.6 is 0 Å². The molecule has 1 unspecified atom stereocenters. The minimum Gasteiger partial charge on any atom is -0.481 e. The van der Waals surface area contributed by atoms with Crippen LogP contribution in [0.3, 0.4) is 0 Å². The maximum Gasteiger partial charge on any atom is 0.320 e. The van der Waals surface area contributed by atoms with Crippen molar-refractivity contribution in [1.82, 2.24) is 9.80 Å². The molecule has 0 saturated carbocycles. The minimum absolute atomic E-state index is 0.0555.